The predicted octanol–water partition coefficient (Wildman–Crippen LogP) is 1.05. The third-order valence-corrected chi connectivity index (χ3v) is 2.75. The number of halogens is 1. The Hall–Kier alpha value is -1.89. The minimum absolute atomic E-state index is 0.217. The van der Waals surface area contributed by atoms with Crippen LogP contribution in [0.5, 0.6) is 0 Å². The van der Waals surface area contributed by atoms with E-state index in [1.807, 2.05) is 12.3 Å². The van der Waals surface area contributed by atoms with E-state index in [1.54, 1.807) is 23.1 Å². The fourth-order valence-electron chi connectivity index (χ4n) is 1.44. The lowest BCUT2D eigenvalue weighted by molar-refractivity contribution is 0.0952. The van der Waals surface area contributed by atoms with Crippen LogP contribution in [0.2, 0.25) is 0 Å². The maximum absolute atomic E-state index is 11.9. The maximum atomic E-state index is 11.9. The van der Waals surface area contributed by atoms with Crippen LogP contribution in [0.15, 0.2) is 35.2 Å². The summed E-state index contributed by atoms with van der Waals surface area (Å²) >= 11 is 3.25. The average Bonchev–Trinajstić information content (AvgIpc) is 2.85. The highest BCUT2D eigenvalue weighted by Crippen LogP contribution is 2.15. The summed E-state index contributed by atoms with van der Waals surface area (Å²) < 4.78 is 2.46. The molecule has 0 radical (unpaired) electrons. The predicted molar refractivity (Wildman–Crippen MR) is 70.9 cm³/mol. The van der Waals surface area contributed by atoms with E-state index in [1.165, 1.54) is 0 Å². The van der Waals surface area contributed by atoms with Crippen molar-refractivity contribution < 1.29 is 4.79 Å². The Bertz CT molecular complexity index is 540. The van der Waals surface area contributed by atoms with Crippen LogP contribution in [0.4, 0.5) is 5.82 Å². The van der Waals surface area contributed by atoms with Crippen LogP contribution >= 0.6 is 15.9 Å². The Morgan fingerprint density at radius 1 is 1.56 bits per heavy atom. The molecule has 3 N–H and O–H groups in total. The number of carbonyl (C=O) groups excluding carboxylic acids is 1. The fourth-order valence-corrected chi connectivity index (χ4v) is 1.77. The van der Waals surface area contributed by atoms with Crippen LogP contribution in [-0.4, -0.2) is 27.2 Å². The highest BCUT2D eigenvalue weighted by molar-refractivity contribution is 9.10. The van der Waals surface area contributed by atoms with Gasteiger partial charge in [0.25, 0.3) is 5.91 Å². The van der Waals surface area contributed by atoms with E-state index < -0.39 is 0 Å². The van der Waals surface area contributed by atoms with Crippen molar-refractivity contribution in [2.75, 3.05) is 12.3 Å². The van der Waals surface area contributed by atoms with Crippen molar-refractivity contribution in [3.8, 4) is 0 Å². The Morgan fingerprint density at radius 2 is 2.39 bits per heavy atom. The third-order valence-electron chi connectivity index (χ3n) is 2.32. The molecule has 0 aromatic carbocycles. The van der Waals surface area contributed by atoms with Crippen molar-refractivity contribution in [1.29, 1.82) is 0 Å². The van der Waals surface area contributed by atoms with Gasteiger partial charge in [-0.2, -0.15) is 5.10 Å². The number of nitrogen functional groups attached to an aromatic ring is 1. The number of nitrogens with two attached hydrogens (primary N) is 1. The molecule has 6 nitrogen and oxygen atoms in total. The van der Waals surface area contributed by atoms with Crippen molar-refractivity contribution >= 4 is 27.7 Å². The Balaban J connectivity index is 1.93. The molecule has 0 aliphatic carbocycles. The van der Waals surface area contributed by atoms with E-state index in [9.17, 15) is 4.79 Å². The lowest BCUT2D eigenvalue weighted by Gasteiger charge is -2.07. The van der Waals surface area contributed by atoms with Gasteiger partial charge in [0.2, 0.25) is 0 Å². The highest BCUT2D eigenvalue weighted by Gasteiger charge is 2.10. The molecule has 0 aliphatic rings. The van der Waals surface area contributed by atoms with Crippen molar-refractivity contribution in [3.63, 3.8) is 0 Å². The maximum Gasteiger partial charge on any atom is 0.255 e. The molecule has 2 heterocycles. The van der Waals surface area contributed by atoms with Gasteiger partial charge in [-0.05, 0) is 28.1 Å². The zero-order chi connectivity index (χ0) is 13.0. The van der Waals surface area contributed by atoms with E-state index >= 15 is 0 Å². The van der Waals surface area contributed by atoms with Crippen molar-refractivity contribution in [3.05, 3.63) is 40.8 Å². The molecule has 0 fully saturated rings. The van der Waals surface area contributed by atoms with Gasteiger partial charge >= 0.3 is 0 Å². The number of hydrogen-bond donors (Lipinski definition) is 2. The number of anilines is 1. The summed E-state index contributed by atoms with van der Waals surface area (Å²) in [5, 5.41) is 6.80. The third kappa shape index (κ3) is 3.07. The molecule has 0 spiro atoms. The number of hydrogen-bond acceptors (Lipinski definition) is 4. The van der Waals surface area contributed by atoms with Crippen LogP contribution in [0.25, 0.3) is 0 Å². The van der Waals surface area contributed by atoms with Gasteiger partial charge in [-0.25, -0.2) is 4.98 Å². The second-order valence-corrected chi connectivity index (χ2v) is 4.53. The standard InChI is InChI=1S/C11H12BrN5O/c12-8-6-9(10(13)15-7-8)11(18)14-3-5-17-4-1-2-16-17/h1-2,4,6-7H,3,5H2,(H2,13,15)(H,14,18). The Morgan fingerprint density at radius 3 is 3.11 bits per heavy atom. The second-order valence-electron chi connectivity index (χ2n) is 3.61. The monoisotopic (exact) mass is 309 g/mol. The molecule has 7 heteroatoms. The quantitative estimate of drug-likeness (QED) is 0.884. The first-order chi connectivity index (χ1) is 8.66. The van der Waals surface area contributed by atoms with E-state index in [4.69, 9.17) is 5.73 Å². The minimum atomic E-state index is -0.242. The summed E-state index contributed by atoms with van der Waals surface area (Å²) in [6, 6.07) is 3.48. The number of nitrogens with one attached hydrogen (secondary N) is 1. The Kier molecular flexibility index (Phi) is 3.93. The fraction of sp³-hybridized carbons (Fsp3) is 0.182. The van der Waals surface area contributed by atoms with Crippen LogP contribution < -0.4 is 11.1 Å². The van der Waals surface area contributed by atoms with E-state index in [-0.39, 0.29) is 11.7 Å². The van der Waals surface area contributed by atoms with Crippen LogP contribution in [0.3, 0.4) is 0 Å². The number of pyridine rings is 1. The molecule has 2 aromatic heterocycles. The average molecular weight is 310 g/mol. The molecule has 2 rings (SSSR count). The summed E-state index contributed by atoms with van der Waals surface area (Å²) in [4.78, 5) is 15.8. The number of rotatable bonds is 4. The van der Waals surface area contributed by atoms with E-state index in [0.29, 0.717) is 23.1 Å². The molecule has 0 atom stereocenters. The molecule has 0 aliphatic heterocycles. The number of nitrogens with zero attached hydrogens (tertiary/aromatic N) is 3. The van der Waals surface area contributed by atoms with E-state index in [0.717, 1.165) is 0 Å². The molecule has 0 saturated carbocycles. The lowest BCUT2D eigenvalue weighted by Crippen LogP contribution is -2.28. The summed E-state index contributed by atoms with van der Waals surface area (Å²) in [6.45, 7) is 1.09. The first-order valence-electron chi connectivity index (χ1n) is 5.33. The van der Waals surface area contributed by atoms with Gasteiger partial charge in [-0.1, -0.05) is 0 Å². The minimum Gasteiger partial charge on any atom is -0.383 e. The molecule has 0 unspecified atom stereocenters. The lowest BCUT2D eigenvalue weighted by atomic mass is 10.2. The van der Waals surface area contributed by atoms with Gasteiger partial charge < -0.3 is 11.1 Å². The SMILES string of the molecule is Nc1ncc(Br)cc1C(=O)NCCn1cccn1. The van der Waals surface area contributed by atoms with Gasteiger partial charge in [-0.3, -0.25) is 9.48 Å². The van der Waals surface area contributed by atoms with E-state index in [2.05, 4.69) is 31.3 Å². The molecule has 2 aromatic rings. The first kappa shape index (κ1) is 12.6. The summed E-state index contributed by atoms with van der Waals surface area (Å²) in [5.41, 5.74) is 6.01. The van der Waals surface area contributed by atoms with Crippen molar-refractivity contribution in [2.45, 2.75) is 6.54 Å². The normalized spacial score (nSPS) is 10.3. The molecular formula is C11H12BrN5O. The van der Waals surface area contributed by atoms with Gasteiger partial charge in [0.15, 0.2) is 0 Å². The van der Waals surface area contributed by atoms with Crippen LogP contribution in [-0.2, 0) is 6.54 Å². The van der Waals surface area contributed by atoms with Crippen molar-refractivity contribution in [1.82, 2.24) is 20.1 Å². The largest absolute Gasteiger partial charge is 0.383 e. The van der Waals surface area contributed by atoms with Crippen LogP contribution in [0, 0.1) is 0 Å². The summed E-state index contributed by atoms with van der Waals surface area (Å²) in [5.74, 6) is -0.0248. The molecule has 0 bridgehead atoms. The molecule has 94 valence electrons. The Labute approximate surface area is 112 Å². The number of aromatic nitrogens is 3. The zero-order valence-corrected chi connectivity index (χ0v) is 11.1. The molecular weight excluding hydrogens is 298 g/mol. The highest BCUT2D eigenvalue weighted by atomic mass is 79.9. The number of carbonyl (C=O) groups is 1. The summed E-state index contributed by atoms with van der Waals surface area (Å²) in [6.07, 6.45) is 5.08. The number of amides is 1. The van der Waals surface area contributed by atoms with Crippen molar-refractivity contribution in [2.24, 2.45) is 0 Å². The van der Waals surface area contributed by atoms with Gasteiger partial charge in [0.1, 0.15) is 5.82 Å². The second kappa shape index (κ2) is 5.63. The molecule has 18 heavy (non-hydrogen) atoms. The van der Waals surface area contributed by atoms with Gasteiger partial charge in [-0.15, -0.1) is 0 Å². The zero-order valence-electron chi connectivity index (χ0n) is 9.51. The summed E-state index contributed by atoms with van der Waals surface area (Å²) in [7, 11) is 0. The first-order valence-corrected chi connectivity index (χ1v) is 6.13. The van der Waals surface area contributed by atoms with Crippen LogP contribution in [0.1, 0.15) is 10.4 Å². The topological polar surface area (TPSA) is 85.8 Å². The smallest absolute Gasteiger partial charge is 0.255 e. The molecule has 0 saturated heterocycles. The molecule has 1 amide bonds. The van der Waals surface area contributed by atoms with Gasteiger partial charge in [0, 0.05) is 29.6 Å². The van der Waals surface area contributed by atoms with Gasteiger partial charge in [0.05, 0.1) is 12.1 Å².